The number of rotatable bonds is 4. The van der Waals surface area contributed by atoms with Crippen LogP contribution in [0.5, 0.6) is 0 Å². The fourth-order valence-corrected chi connectivity index (χ4v) is 13.3. The third kappa shape index (κ3) is 4.12. The molecule has 1 atom stereocenters. The van der Waals surface area contributed by atoms with Crippen molar-refractivity contribution in [1.29, 1.82) is 0 Å². The zero-order chi connectivity index (χ0) is 39.3. The molecule has 1 aliphatic carbocycles. The molecule has 4 heterocycles. The smallest absolute Gasteiger partial charge is 0.0640 e. The molecule has 3 aromatic heterocycles. The molecule has 0 radical (unpaired) electrons. The average molecular weight is 799 g/mol. The largest absolute Gasteiger partial charge is 0.308 e. The van der Waals surface area contributed by atoms with E-state index in [0.29, 0.717) is 0 Å². The minimum absolute atomic E-state index is 0.368. The molecule has 1 unspecified atom stereocenters. The summed E-state index contributed by atoms with van der Waals surface area (Å²) >= 11 is 3.78. The number of para-hydroxylation sites is 2. The third-order valence-electron chi connectivity index (χ3n) is 13.6. The number of aromatic nitrogens is 1. The highest BCUT2D eigenvalue weighted by Gasteiger charge is 2.46. The van der Waals surface area contributed by atoms with E-state index in [1.807, 2.05) is 22.7 Å². The summed E-state index contributed by atoms with van der Waals surface area (Å²) in [5.41, 5.74) is 16.1. The van der Waals surface area contributed by atoms with Crippen LogP contribution in [0.15, 0.2) is 188 Å². The maximum Gasteiger partial charge on any atom is 0.0640 e. The second-order valence-electron chi connectivity index (χ2n) is 16.5. The predicted molar refractivity (Wildman–Crippen MR) is 258 cm³/mol. The molecule has 0 saturated heterocycles. The summed E-state index contributed by atoms with van der Waals surface area (Å²) in [6.07, 6.45) is 0. The summed E-state index contributed by atoms with van der Waals surface area (Å²) in [6, 6.07) is 70.7. The van der Waals surface area contributed by atoms with Crippen LogP contribution in [0.1, 0.15) is 23.6 Å². The lowest BCUT2D eigenvalue weighted by Crippen LogP contribution is -2.22. The Labute approximate surface area is 354 Å². The molecule has 1 aliphatic heterocycles. The number of nitrogens with zero attached hydrogens (tertiary/aromatic N) is 2. The molecule has 14 rings (SSSR count). The number of hydrogen-bond donors (Lipinski definition) is 0. The van der Waals surface area contributed by atoms with Gasteiger partial charge in [0.15, 0.2) is 0 Å². The molecule has 0 N–H and O–H groups in total. The van der Waals surface area contributed by atoms with E-state index in [1.165, 1.54) is 118 Å². The van der Waals surface area contributed by atoms with E-state index >= 15 is 0 Å². The van der Waals surface area contributed by atoms with Gasteiger partial charge in [-0.2, -0.15) is 0 Å². The van der Waals surface area contributed by atoms with Crippen LogP contribution < -0.4 is 4.90 Å². The molecule has 0 fully saturated rings. The maximum atomic E-state index is 2.59. The molecular formula is C56H34N2S2. The fraction of sp³-hybridized carbons (Fsp3) is 0.0357. The van der Waals surface area contributed by atoms with Crippen LogP contribution in [0, 0.1) is 0 Å². The zero-order valence-corrected chi connectivity index (χ0v) is 34.2. The molecule has 0 spiro atoms. The molecule has 0 bridgehead atoms. The van der Waals surface area contributed by atoms with Gasteiger partial charge in [0, 0.05) is 74.2 Å². The van der Waals surface area contributed by atoms with Crippen LogP contribution in [0.4, 0.5) is 17.1 Å². The van der Waals surface area contributed by atoms with E-state index in [0.717, 1.165) is 5.69 Å². The summed E-state index contributed by atoms with van der Waals surface area (Å²) in [4.78, 5) is 2.59. The number of anilines is 3. The fourth-order valence-electron chi connectivity index (χ4n) is 11.0. The Morgan fingerprint density at radius 1 is 0.450 bits per heavy atom. The first kappa shape index (κ1) is 32.9. The highest BCUT2D eigenvalue weighted by Crippen LogP contribution is 2.63. The Bertz CT molecular complexity index is 3810. The van der Waals surface area contributed by atoms with Gasteiger partial charge in [-0.15, -0.1) is 22.7 Å². The van der Waals surface area contributed by atoms with E-state index in [1.54, 1.807) is 0 Å². The summed E-state index contributed by atoms with van der Waals surface area (Å²) in [6.45, 7) is 2.45. The summed E-state index contributed by atoms with van der Waals surface area (Å²) in [5.74, 6) is 0. The molecule has 2 aliphatic rings. The van der Waals surface area contributed by atoms with Crippen LogP contribution in [0.2, 0.25) is 0 Å². The van der Waals surface area contributed by atoms with Crippen molar-refractivity contribution in [2.45, 2.75) is 12.3 Å². The van der Waals surface area contributed by atoms with E-state index < -0.39 is 0 Å². The van der Waals surface area contributed by atoms with Crippen LogP contribution in [-0.2, 0) is 5.41 Å². The van der Waals surface area contributed by atoms with Crippen LogP contribution in [-0.4, -0.2) is 4.57 Å². The van der Waals surface area contributed by atoms with E-state index in [2.05, 4.69) is 204 Å². The van der Waals surface area contributed by atoms with E-state index in [-0.39, 0.29) is 5.41 Å². The molecule has 0 saturated carbocycles. The van der Waals surface area contributed by atoms with Crippen molar-refractivity contribution < 1.29 is 0 Å². The minimum Gasteiger partial charge on any atom is -0.308 e. The van der Waals surface area contributed by atoms with Gasteiger partial charge in [0.05, 0.1) is 32.8 Å². The first-order valence-corrected chi connectivity index (χ1v) is 22.3. The summed E-state index contributed by atoms with van der Waals surface area (Å²) < 4.78 is 7.78. The van der Waals surface area contributed by atoms with E-state index in [4.69, 9.17) is 0 Å². The van der Waals surface area contributed by atoms with Crippen molar-refractivity contribution in [3.63, 3.8) is 0 Å². The first-order chi connectivity index (χ1) is 29.7. The Hall–Kier alpha value is -6.98. The lowest BCUT2D eigenvalue weighted by atomic mass is 9.74. The first-order valence-electron chi connectivity index (χ1n) is 20.7. The van der Waals surface area contributed by atoms with E-state index in [9.17, 15) is 0 Å². The predicted octanol–water partition coefficient (Wildman–Crippen LogP) is 16.3. The average Bonchev–Trinajstić information content (AvgIpc) is 4.02. The van der Waals surface area contributed by atoms with Gasteiger partial charge in [-0.25, -0.2) is 0 Å². The van der Waals surface area contributed by atoms with Crippen LogP contribution in [0.3, 0.4) is 0 Å². The standard InChI is InChI=1S/C56H34N2S2/c1-56(33-14-3-2-4-15-33)42-30-31-46(51-41-19-6-10-22-45(41)58-44-21-9-5-16-35(44)39-28-29-43(56)53(52(42)51)54(39)58)57(34-26-27-38-36-17-7-11-24-48(36)59-50(38)32-34)47-23-13-20-40-37-18-8-12-25-49(37)60-55(40)47/h2-32H,1H3. The second-order valence-corrected chi connectivity index (χ2v) is 18.6. The lowest BCUT2D eigenvalue weighted by molar-refractivity contribution is 0.714. The molecule has 2 nitrogen and oxygen atoms in total. The molecular weight excluding hydrogens is 765 g/mol. The number of benzene rings is 9. The monoisotopic (exact) mass is 798 g/mol. The quantitative estimate of drug-likeness (QED) is 0.172. The van der Waals surface area contributed by atoms with Gasteiger partial charge >= 0.3 is 0 Å². The van der Waals surface area contributed by atoms with Crippen LogP contribution >= 0.6 is 22.7 Å². The summed E-state index contributed by atoms with van der Waals surface area (Å²) in [7, 11) is 0. The Kier molecular flexibility index (Phi) is 6.49. The van der Waals surface area contributed by atoms with Crippen molar-refractivity contribution >= 4 is 102 Å². The topological polar surface area (TPSA) is 8.17 Å². The minimum atomic E-state index is -0.368. The van der Waals surface area contributed by atoms with Crippen molar-refractivity contribution in [2.24, 2.45) is 0 Å². The second kappa shape index (κ2) is 11.8. The normalized spacial score (nSPS) is 15.2. The number of hydrogen-bond acceptors (Lipinski definition) is 3. The van der Waals surface area contributed by atoms with Gasteiger partial charge in [-0.05, 0) is 77.7 Å². The van der Waals surface area contributed by atoms with Crippen molar-refractivity contribution in [3.8, 4) is 27.9 Å². The van der Waals surface area contributed by atoms with Gasteiger partial charge in [0.2, 0.25) is 0 Å². The molecule has 0 amide bonds. The highest BCUT2D eigenvalue weighted by molar-refractivity contribution is 7.26. The Morgan fingerprint density at radius 2 is 1.10 bits per heavy atom. The van der Waals surface area contributed by atoms with Gasteiger partial charge in [-0.3, -0.25) is 0 Å². The molecule has 12 aromatic rings. The third-order valence-corrected chi connectivity index (χ3v) is 15.9. The molecule has 60 heavy (non-hydrogen) atoms. The van der Waals surface area contributed by atoms with Gasteiger partial charge in [0.25, 0.3) is 0 Å². The molecule has 4 heteroatoms. The Balaban J connectivity index is 1.16. The van der Waals surface area contributed by atoms with Crippen molar-refractivity contribution in [2.75, 3.05) is 4.90 Å². The van der Waals surface area contributed by atoms with Crippen molar-refractivity contribution in [1.82, 2.24) is 4.57 Å². The Morgan fingerprint density at radius 3 is 1.97 bits per heavy atom. The van der Waals surface area contributed by atoms with Gasteiger partial charge < -0.3 is 9.47 Å². The summed E-state index contributed by atoms with van der Waals surface area (Å²) in [5, 5.41) is 7.79. The molecule has 9 aromatic carbocycles. The van der Waals surface area contributed by atoms with Gasteiger partial charge in [0.1, 0.15) is 0 Å². The van der Waals surface area contributed by atoms with Crippen LogP contribution in [0.25, 0.3) is 90.1 Å². The lowest BCUT2D eigenvalue weighted by Gasteiger charge is -2.32. The zero-order valence-electron chi connectivity index (χ0n) is 32.6. The SMILES string of the molecule is CC1(c2ccccc2)c2ccc(N(c3ccc4c(c3)sc3ccccc34)c3cccc4c3sc3ccccc34)c3c2-c2c1ccc1c4ccccc4n(c21)-c1ccccc1-3. The van der Waals surface area contributed by atoms with Gasteiger partial charge in [-0.1, -0.05) is 140 Å². The highest BCUT2D eigenvalue weighted by atomic mass is 32.1. The van der Waals surface area contributed by atoms with Crippen molar-refractivity contribution in [3.05, 3.63) is 205 Å². The number of thiophene rings is 2. The molecule has 280 valence electrons. The number of fused-ring (bicyclic) bond motifs is 12. The maximum absolute atomic E-state index is 2.59.